The lowest BCUT2D eigenvalue weighted by Crippen LogP contribution is -2.15. The number of methoxy groups -OCH3 is 1. The minimum Gasteiger partial charge on any atom is -0.497 e. The van der Waals surface area contributed by atoms with Crippen LogP contribution in [0.15, 0.2) is 42.5 Å². The van der Waals surface area contributed by atoms with Gasteiger partial charge in [-0.3, -0.25) is 4.79 Å². The second kappa shape index (κ2) is 8.37. The van der Waals surface area contributed by atoms with Crippen LogP contribution in [0.1, 0.15) is 37.0 Å². The minimum atomic E-state index is 0.0661. The second-order valence-corrected chi connectivity index (χ2v) is 5.55. The van der Waals surface area contributed by atoms with Crippen molar-refractivity contribution in [1.29, 1.82) is 0 Å². The van der Waals surface area contributed by atoms with E-state index in [4.69, 9.17) is 4.74 Å². The maximum Gasteiger partial charge on any atom is 0.224 e. The summed E-state index contributed by atoms with van der Waals surface area (Å²) in [5.41, 5.74) is 4.53. The summed E-state index contributed by atoms with van der Waals surface area (Å²) in [6, 6.07) is 14.1. The SMILES string of the molecule is CCc1cccc(CC)c1NC(=O)CCc1ccc(OC)cc1. The van der Waals surface area contributed by atoms with Gasteiger partial charge in [0.1, 0.15) is 5.75 Å². The number of hydrogen-bond acceptors (Lipinski definition) is 2. The lowest BCUT2D eigenvalue weighted by molar-refractivity contribution is -0.116. The molecule has 122 valence electrons. The van der Waals surface area contributed by atoms with E-state index in [0.29, 0.717) is 6.42 Å². The first-order valence-corrected chi connectivity index (χ1v) is 8.21. The molecule has 0 radical (unpaired) electrons. The zero-order chi connectivity index (χ0) is 16.7. The Bertz CT molecular complexity index is 625. The molecule has 2 aromatic carbocycles. The van der Waals surface area contributed by atoms with E-state index in [1.807, 2.05) is 24.3 Å². The molecular weight excluding hydrogens is 286 g/mol. The molecule has 23 heavy (non-hydrogen) atoms. The average Bonchev–Trinajstić information content (AvgIpc) is 2.60. The van der Waals surface area contributed by atoms with Crippen LogP contribution in [0, 0.1) is 0 Å². The third kappa shape index (κ3) is 4.59. The molecule has 0 spiro atoms. The topological polar surface area (TPSA) is 38.3 Å². The molecule has 0 aliphatic rings. The van der Waals surface area contributed by atoms with Crippen molar-refractivity contribution in [2.45, 2.75) is 39.5 Å². The molecule has 0 saturated carbocycles. The normalized spacial score (nSPS) is 10.4. The first kappa shape index (κ1) is 17.1. The van der Waals surface area contributed by atoms with Gasteiger partial charge in [0, 0.05) is 12.1 Å². The highest BCUT2D eigenvalue weighted by atomic mass is 16.5. The number of amides is 1. The van der Waals surface area contributed by atoms with Gasteiger partial charge in [-0.2, -0.15) is 0 Å². The second-order valence-electron chi connectivity index (χ2n) is 5.55. The van der Waals surface area contributed by atoms with Gasteiger partial charge in [-0.25, -0.2) is 0 Å². The summed E-state index contributed by atoms with van der Waals surface area (Å²) in [4.78, 5) is 12.3. The summed E-state index contributed by atoms with van der Waals surface area (Å²) in [5.74, 6) is 0.902. The van der Waals surface area contributed by atoms with Gasteiger partial charge in [-0.1, -0.05) is 44.2 Å². The van der Waals surface area contributed by atoms with Crippen molar-refractivity contribution in [2.75, 3.05) is 12.4 Å². The van der Waals surface area contributed by atoms with Crippen LogP contribution in [0.25, 0.3) is 0 Å². The summed E-state index contributed by atoms with van der Waals surface area (Å²) in [5, 5.41) is 3.11. The molecule has 0 aliphatic carbocycles. The van der Waals surface area contributed by atoms with Gasteiger partial charge in [0.25, 0.3) is 0 Å². The Morgan fingerprint density at radius 1 is 1.00 bits per heavy atom. The van der Waals surface area contributed by atoms with Gasteiger partial charge < -0.3 is 10.1 Å². The Kier molecular flexibility index (Phi) is 6.21. The predicted molar refractivity (Wildman–Crippen MR) is 95.1 cm³/mol. The van der Waals surface area contributed by atoms with Crippen molar-refractivity contribution in [3.63, 3.8) is 0 Å². The summed E-state index contributed by atoms with van der Waals surface area (Å²) >= 11 is 0. The average molecular weight is 311 g/mol. The molecule has 3 heteroatoms. The van der Waals surface area contributed by atoms with Gasteiger partial charge in [0.2, 0.25) is 5.91 Å². The number of hydrogen-bond donors (Lipinski definition) is 1. The number of benzene rings is 2. The fourth-order valence-electron chi connectivity index (χ4n) is 2.66. The number of nitrogens with one attached hydrogen (secondary N) is 1. The van der Waals surface area contributed by atoms with Gasteiger partial charge in [-0.05, 0) is 48.1 Å². The highest BCUT2D eigenvalue weighted by Gasteiger charge is 2.10. The maximum atomic E-state index is 12.3. The van der Waals surface area contributed by atoms with E-state index in [2.05, 4.69) is 37.4 Å². The van der Waals surface area contributed by atoms with Crippen molar-refractivity contribution in [1.82, 2.24) is 0 Å². The van der Waals surface area contributed by atoms with E-state index in [1.165, 1.54) is 11.1 Å². The fraction of sp³-hybridized carbons (Fsp3) is 0.350. The molecule has 3 nitrogen and oxygen atoms in total. The zero-order valence-electron chi connectivity index (χ0n) is 14.2. The number of para-hydroxylation sites is 1. The third-order valence-electron chi connectivity index (χ3n) is 4.06. The van der Waals surface area contributed by atoms with Gasteiger partial charge in [0.15, 0.2) is 0 Å². The maximum absolute atomic E-state index is 12.3. The molecule has 0 bridgehead atoms. The third-order valence-corrected chi connectivity index (χ3v) is 4.06. The van der Waals surface area contributed by atoms with Crippen molar-refractivity contribution >= 4 is 11.6 Å². The molecule has 0 fully saturated rings. The summed E-state index contributed by atoms with van der Waals surface area (Å²) < 4.78 is 5.15. The number of carbonyl (C=O) groups excluding carboxylic acids is 1. The van der Waals surface area contributed by atoms with Crippen LogP contribution in [0.4, 0.5) is 5.69 Å². The number of rotatable bonds is 7. The fourth-order valence-corrected chi connectivity index (χ4v) is 2.66. The molecule has 1 N–H and O–H groups in total. The molecule has 0 unspecified atom stereocenters. The van der Waals surface area contributed by atoms with Crippen molar-refractivity contribution in [3.8, 4) is 5.75 Å². The largest absolute Gasteiger partial charge is 0.497 e. The number of anilines is 1. The van der Waals surface area contributed by atoms with Crippen LogP contribution >= 0.6 is 0 Å². The van der Waals surface area contributed by atoms with E-state index in [1.54, 1.807) is 7.11 Å². The van der Waals surface area contributed by atoms with Gasteiger partial charge >= 0.3 is 0 Å². The molecule has 0 saturated heterocycles. The first-order valence-electron chi connectivity index (χ1n) is 8.21. The number of carbonyl (C=O) groups is 1. The Morgan fingerprint density at radius 3 is 2.13 bits per heavy atom. The standard InChI is InChI=1S/C20H25NO2/c1-4-16-7-6-8-17(5-2)20(16)21-19(22)14-11-15-9-12-18(23-3)13-10-15/h6-10,12-13H,4-5,11,14H2,1-3H3,(H,21,22). The van der Waals surface area contributed by atoms with Crippen LogP contribution in [0.2, 0.25) is 0 Å². The number of aryl methyl sites for hydroxylation is 3. The smallest absolute Gasteiger partial charge is 0.224 e. The zero-order valence-corrected chi connectivity index (χ0v) is 14.2. The molecule has 2 rings (SSSR count). The van der Waals surface area contributed by atoms with Crippen LogP contribution in [0.3, 0.4) is 0 Å². The Hall–Kier alpha value is -2.29. The van der Waals surface area contributed by atoms with Gasteiger partial charge in [-0.15, -0.1) is 0 Å². The molecule has 2 aromatic rings. The highest BCUT2D eigenvalue weighted by molar-refractivity contribution is 5.92. The molecule has 0 aliphatic heterocycles. The lowest BCUT2D eigenvalue weighted by Gasteiger charge is -2.14. The quantitative estimate of drug-likeness (QED) is 0.823. The Labute approximate surface area is 138 Å². The molecule has 1 amide bonds. The van der Waals surface area contributed by atoms with E-state index in [0.717, 1.165) is 36.3 Å². The van der Waals surface area contributed by atoms with Crippen LogP contribution in [-0.4, -0.2) is 13.0 Å². The van der Waals surface area contributed by atoms with Gasteiger partial charge in [0.05, 0.1) is 7.11 Å². The Morgan fingerprint density at radius 2 is 1.61 bits per heavy atom. The molecular formula is C20H25NO2. The first-order chi connectivity index (χ1) is 11.2. The number of ether oxygens (including phenoxy) is 1. The lowest BCUT2D eigenvalue weighted by atomic mass is 10.0. The molecule has 0 heterocycles. The van der Waals surface area contributed by atoms with E-state index in [9.17, 15) is 4.79 Å². The van der Waals surface area contributed by atoms with Crippen molar-refractivity contribution in [2.24, 2.45) is 0 Å². The highest BCUT2D eigenvalue weighted by Crippen LogP contribution is 2.23. The molecule has 0 atom stereocenters. The van der Waals surface area contributed by atoms with Crippen LogP contribution < -0.4 is 10.1 Å². The Balaban J connectivity index is 1.99. The van der Waals surface area contributed by atoms with Crippen LogP contribution in [0.5, 0.6) is 5.75 Å². The van der Waals surface area contributed by atoms with E-state index in [-0.39, 0.29) is 5.91 Å². The predicted octanol–water partition coefficient (Wildman–Crippen LogP) is 4.39. The van der Waals surface area contributed by atoms with Crippen molar-refractivity contribution < 1.29 is 9.53 Å². The molecule has 0 aromatic heterocycles. The monoisotopic (exact) mass is 311 g/mol. The van der Waals surface area contributed by atoms with Crippen molar-refractivity contribution in [3.05, 3.63) is 59.2 Å². The minimum absolute atomic E-state index is 0.0661. The summed E-state index contributed by atoms with van der Waals surface area (Å²) in [7, 11) is 1.65. The van der Waals surface area contributed by atoms with E-state index < -0.39 is 0 Å². The van der Waals surface area contributed by atoms with Crippen LogP contribution in [-0.2, 0) is 24.1 Å². The van der Waals surface area contributed by atoms with E-state index >= 15 is 0 Å². The summed E-state index contributed by atoms with van der Waals surface area (Å²) in [6.45, 7) is 4.23. The summed E-state index contributed by atoms with van der Waals surface area (Å²) in [6.07, 6.45) is 3.04.